The van der Waals surface area contributed by atoms with Gasteiger partial charge in [0.2, 0.25) is 0 Å². The molecular weight excluding hydrogens is 1420 g/mol. The minimum Gasteiger partial charge on any atom is -0.462 e. The van der Waals surface area contributed by atoms with Crippen LogP contribution in [0.3, 0.4) is 0 Å². The second-order valence-electron chi connectivity index (χ2n) is 30.8. The van der Waals surface area contributed by atoms with E-state index in [0.717, 1.165) is 145 Å². The fraction of sp³-hybridized carbons (Fsp3) is 0.512. The molecule has 564 valence electrons. The summed E-state index contributed by atoms with van der Waals surface area (Å²) in [4.78, 5) is 81.0. The van der Waals surface area contributed by atoms with Gasteiger partial charge in [-0.25, -0.2) is 16.8 Å². The average Bonchev–Trinajstić information content (AvgIpc) is 1.56. The third-order valence-electron chi connectivity index (χ3n) is 23.4. The molecule has 10 fully saturated rings. The quantitative estimate of drug-likeness (QED) is 0.0393. The first-order valence-electron chi connectivity index (χ1n) is 38.9. The smallest absolute Gasteiger partial charge is 0.312 e. The highest BCUT2D eigenvalue weighted by molar-refractivity contribution is 7.97. The van der Waals surface area contributed by atoms with Gasteiger partial charge >= 0.3 is 35.8 Å². The molecule has 0 N–H and O–H groups in total. The molecule has 0 aromatic heterocycles. The van der Waals surface area contributed by atoms with Gasteiger partial charge in [0.15, 0.2) is 49.0 Å². The van der Waals surface area contributed by atoms with Gasteiger partial charge < -0.3 is 28.4 Å². The Labute approximate surface area is 631 Å². The molecule has 2 heterocycles. The van der Waals surface area contributed by atoms with Gasteiger partial charge in [0, 0.05) is 18.3 Å². The minimum absolute atomic E-state index is 0.0358. The van der Waals surface area contributed by atoms with Crippen LogP contribution in [0.5, 0.6) is 0 Å². The molecule has 8 aliphatic carbocycles. The number of ether oxygens (including phenoxy) is 6. The highest BCUT2D eigenvalue weighted by Crippen LogP contribution is 2.61. The Morgan fingerprint density at radius 1 is 0.443 bits per heavy atom. The van der Waals surface area contributed by atoms with E-state index in [0.29, 0.717) is 28.6 Å². The number of sulfone groups is 2. The van der Waals surface area contributed by atoms with Gasteiger partial charge in [-0.3, -0.25) is 28.8 Å². The number of carbonyl (C=O) groups excluding carboxylic acids is 6. The summed E-state index contributed by atoms with van der Waals surface area (Å²) in [5.41, 5.74) is 0. The second kappa shape index (κ2) is 35.0. The molecule has 2 saturated heterocycles. The summed E-state index contributed by atoms with van der Waals surface area (Å²) >= 11 is 0. The van der Waals surface area contributed by atoms with Crippen LogP contribution in [-0.4, -0.2) is 93.4 Å². The molecule has 20 heteroatoms. The van der Waals surface area contributed by atoms with Crippen molar-refractivity contribution < 1.29 is 74.0 Å². The van der Waals surface area contributed by atoms with E-state index in [1.165, 1.54) is 32.4 Å². The monoisotopic (exact) mass is 1520 g/mol. The third kappa shape index (κ3) is 18.0. The Morgan fingerprint density at radius 3 is 1.27 bits per heavy atom. The predicted octanol–water partition coefficient (Wildman–Crippen LogP) is 16.9. The van der Waals surface area contributed by atoms with Crippen molar-refractivity contribution >= 4 is 77.3 Å². The summed E-state index contributed by atoms with van der Waals surface area (Å²) < 4.78 is 85.2. The van der Waals surface area contributed by atoms with Crippen molar-refractivity contribution in [2.24, 2.45) is 47.3 Å². The molecule has 11 atom stereocenters. The molecule has 11 unspecified atom stereocenters. The zero-order valence-corrected chi connectivity index (χ0v) is 64.3. The Hall–Kier alpha value is -7.26. The van der Waals surface area contributed by atoms with Gasteiger partial charge in [0.1, 0.15) is 24.4 Å². The Kier molecular flexibility index (Phi) is 25.4. The molecule has 0 radical (unpaired) electrons. The van der Waals surface area contributed by atoms with E-state index in [9.17, 15) is 45.6 Å². The molecule has 4 bridgehead atoms. The van der Waals surface area contributed by atoms with Crippen LogP contribution in [0.1, 0.15) is 187 Å². The SMILES string of the molecule is CC(CC(=O)OC12CC3CC(C(=O)O1)C2C3)C(=O)OC1C2CC3C(=O)OC1C3C2.CC(CC(=O)OC1CCCCC1)C(=O)OC1CCCCC1.O=S(=O)(c1ccc([S+](c2ccccc2)c2ccccc2)cc1)C1CCCCC1.O=S(=O)(c1ccc([S+](c2ccccc2)c2ccccc2)cc1)C1CCCCC1. The predicted molar refractivity (Wildman–Crippen MR) is 403 cm³/mol. The van der Waals surface area contributed by atoms with Crippen LogP contribution < -0.4 is 0 Å². The molecule has 16 rings (SSSR count). The highest BCUT2D eigenvalue weighted by Gasteiger charge is 2.68. The number of benzene rings is 6. The number of hydrogen-bond acceptors (Lipinski definition) is 16. The van der Waals surface area contributed by atoms with Gasteiger partial charge in [-0.15, -0.1) is 0 Å². The van der Waals surface area contributed by atoms with Crippen LogP contribution >= 0.6 is 0 Å². The van der Waals surface area contributed by atoms with Crippen LogP contribution in [0.25, 0.3) is 0 Å². The lowest BCUT2D eigenvalue weighted by Gasteiger charge is -2.30. The van der Waals surface area contributed by atoms with Crippen LogP contribution in [0.4, 0.5) is 0 Å². The van der Waals surface area contributed by atoms with Crippen LogP contribution in [0, 0.1) is 47.3 Å². The number of fused-ring (bicyclic) bond motifs is 2. The molecular formula is C86H102O16S4+2. The fourth-order valence-corrected chi connectivity index (χ4v) is 25.8. The topological polar surface area (TPSA) is 226 Å². The number of esters is 6. The van der Waals surface area contributed by atoms with E-state index in [2.05, 4.69) is 97.1 Å². The van der Waals surface area contributed by atoms with E-state index in [4.69, 9.17) is 28.4 Å². The zero-order chi connectivity index (χ0) is 74.0. The van der Waals surface area contributed by atoms with Gasteiger partial charge in [0.05, 0.1) is 84.5 Å². The summed E-state index contributed by atoms with van der Waals surface area (Å²) in [6.07, 6.45) is 23.6. The summed E-state index contributed by atoms with van der Waals surface area (Å²) in [6.45, 7) is 3.38. The van der Waals surface area contributed by atoms with E-state index in [1.54, 1.807) is 13.8 Å². The maximum Gasteiger partial charge on any atom is 0.312 e. The lowest BCUT2D eigenvalue weighted by Crippen LogP contribution is -2.40. The Bertz CT molecular complexity index is 3950. The van der Waals surface area contributed by atoms with E-state index in [-0.39, 0.29) is 117 Å². The van der Waals surface area contributed by atoms with Crippen LogP contribution in [-0.2, 0) is 98.7 Å². The standard InChI is InChI=1S/2C24H25O2S2.C21H24O8.C17H28O4/c2*25-28(26,23-14-8-3-9-15-23)24-18-16-22(17-19-24)27(20-10-4-1-5-11-20)21-12-6-2-7-13-21;1-8(18(23)26-16-10-5-11-12(6-10)19(24)27-17(11)16)2-15(22)28-21-7-9-3-13(14(21)4-9)20(25)29-21;1-13(17(19)21-15-10-6-3-7-11-15)12-16(18)20-14-8-4-2-5-9-14/h2*1-2,4-7,10-13,16-19,23H,3,8-9,14-15H2;8-14,16-17H,2-7H2,1H3;13-15H,2-12H2,1H3/q2*+1;;. The largest absolute Gasteiger partial charge is 0.462 e. The second-order valence-corrected chi connectivity index (χ2v) is 39.4. The first kappa shape index (κ1) is 76.9. The first-order chi connectivity index (χ1) is 51.3. The normalized spacial score (nSPS) is 26.0. The molecule has 2 aliphatic heterocycles. The number of carbonyl (C=O) groups is 6. The van der Waals surface area contributed by atoms with Crippen molar-refractivity contribution in [3.63, 3.8) is 0 Å². The van der Waals surface area contributed by atoms with Gasteiger partial charge in [-0.05, 0) is 206 Å². The maximum atomic E-state index is 13.0. The summed E-state index contributed by atoms with van der Waals surface area (Å²) in [5, 5.41) is -0.429. The van der Waals surface area contributed by atoms with Crippen molar-refractivity contribution in [3.8, 4) is 0 Å². The lowest BCUT2D eigenvalue weighted by atomic mass is 9.87. The highest BCUT2D eigenvalue weighted by atomic mass is 32.2. The van der Waals surface area contributed by atoms with Crippen molar-refractivity contribution in [2.75, 3.05) is 0 Å². The summed E-state index contributed by atoms with van der Waals surface area (Å²) in [5.74, 6) is -3.73. The molecule has 106 heavy (non-hydrogen) atoms. The van der Waals surface area contributed by atoms with Crippen molar-refractivity contribution in [1.29, 1.82) is 0 Å². The van der Waals surface area contributed by atoms with E-state index >= 15 is 0 Å². The number of hydrogen-bond donors (Lipinski definition) is 0. The van der Waals surface area contributed by atoms with Crippen molar-refractivity contribution in [3.05, 3.63) is 170 Å². The van der Waals surface area contributed by atoms with Crippen LogP contribution in [0.2, 0.25) is 0 Å². The molecule has 8 saturated carbocycles. The molecule has 0 amide bonds. The van der Waals surface area contributed by atoms with E-state index < -0.39 is 55.3 Å². The molecule has 0 spiro atoms. The first-order valence-corrected chi connectivity index (χ1v) is 44.5. The van der Waals surface area contributed by atoms with Crippen LogP contribution in [0.15, 0.2) is 209 Å². The number of rotatable bonds is 20. The zero-order valence-electron chi connectivity index (χ0n) is 61.0. The van der Waals surface area contributed by atoms with Gasteiger partial charge in [-0.2, -0.15) is 0 Å². The lowest BCUT2D eigenvalue weighted by molar-refractivity contribution is -0.223. The molecule has 16 nitrogen and oxygen atoms in total. The summed E-state index contributed by atoms with van der Waals surface area (Å²) in [7, 11) is -6.96. The van der Waals surface area contributed by atoms with Crippen molar-refractivity contribution in [2.45, 2.75) is 267 Å². The van der Waals surface area contributed by atoms with Gasteiger partial charge in [0.25, 0.3) is 5.79 Å². The summed E-state index contributed by atoms with van der Waals surface area (Å²) in [6, 6.07) is 56.9. The molecule has 10 aliphatic rings. The maximum absolute atomic E-state index is 13.0. The van der Waals surface area contributed by atoms with Gasteiger partial charge in [-0.1, -0.05) is 138 Å². The molecule has 6 aromatic carbocycles. The Balaban J connectivity index is 0.000000126. The third-order valence-corrected chi connectivity index (χ3v) is 32.5. The Morgan fingerprint density at radius 2 is 0.840 bits per heavy atom. The molecule has 6 aromatic rings. The fourth-order valence-electron chi connectivity index (χ4n) is 17.9. The van der Waals surface area contributed by atoms with E-state index in [1.807, 2.05) is 72.8 Å². The van der Waals surface area contributed by atoms with Crippen molar-refractivity contribution in [1.82, 2.24) is 0 Å². The average molecular weight is 1520 g/mol. The minimum atomic E-state index is -3.23.